The van der Waals surface area contributed by atoms with Crippen LogP contribution in [-0.4, -0.2) is 37.8 Å². The molecule has 4 aromatic rings. The number of fused-ring (bicyclic) bond motifs is 2. The van der Waals surface area contributed by atoms with Gasteiger partial charge in [0.05, 0.1) is 28.1 Å². The number of carbonyl (C=O) groups is 2. The first-order chi connectivity index (χ1) is 16.3. The van der Waals surface area contributed by atoms with Gasteiger partial charge in [-0.1, -0.05) is 18.2 Å². The highest BCUT2D eigenvalue weighted by atomic mass is 32.1. The minimum atomic E-state index is -0.645. The Morgan fingerprint density at radius 1 is 1.18 bits per heavy atom. The molecule has 0 saturated heterocycles. The molecule has 1 aliphatic rings. The first-order valence-corrected chi connectivity index (χ1v) is 11.8. The van der Waals surface area contributed by atoms with E-state index in [1.807, 2.05) is 37.3 Å². The molecule has 0 unspecified atom stereocenters. The van der Waals surface area contributed by atoms with Gasteiger partial charge in [0.15, 0.2) is 6.61 Å². The molecule has 0 bridgehead atoms. The van der Waals surface area contributed by atoms with E-state index in [4.69, 9.17) is 4.74 Å². The number of rotatable bonds is 5. The van der Waals surface area contributed by atoms with E-state index in [0.717, 1.165) is 41.4 Å². The molecule has 174 valence electrons. The van der Waals surface area contributed by atoms with E-state index in [0.29, 0.717) is 38.6 Å². The number of aromatic nitrogens is 4. The molecule has 10 heteroatoms. The summed E-state index contributed by atoms with van der Waals surface area (Å²) in [6, 6.07) is 9.60. The largest absolute Gasteiger partial charge is 0.451 e. The van der Waals surface area contributed by atoms with Gasteiger partial charge in [-0.25, -0.2) is 14.5 Å². The normalized spacial score (nSPS) is 12.7. The van der Waals surface area contributed by atoms with Crippen molar-refractivity contribution >= 4 is 39.1 Å². The average molecular weight is 478 g/mol. The van der Waals surface area contributed by atoms with Crippen molar-refractivity contribution in [1.29, 1.82) is 0 Å². The molecule has 0 aliphatic carbocycles. The second-order valence-electron chi connectivity index (χ2n) is 8.24. The minimum absolute atomic E-state index is 0.121. The fraction of sp³-hybridized carbons (Fsp3) is 0.292. The van der Waals surface area contributed by atoms with Gasteiger partial charge < -0.3 is 10.1 Å². The molecule has 1 N–H and O–H groups in total. The number of amides is 1. The van der Waals surface area contributed by atoms with E-state index in [-0.39, 0.29) is 5.56 Å². The molecule has 1 aromatic carbocycles. The number of nitrogens with zero attached hydrogens (tertiary/aromatic N) is 4. The molecule has 0 spiro atoms. The summed E-state index contributed by atoms with van der Waals surface area (Å²) in [6.45, 7) is 5.57. The van der Waals surface area contributed by atoms with E-state index < -0.39 is 18.5 Å². The zero-order chi connectivity index (χ0) is 24.0. The van der Waals surface area contributed by atoms with Crippen LogP contribution in [-0.2, 0) is 22.5 Å². The van der Waals surface area contributed by atoms with Crippen LogP contribution in [0.2, 0.25) is 0 Å². The highest BCUT2D eigenvalue weighted by Crippen LogP contribution is 2.29. The summed E-state index contributed by atoms with van der Waals surface area (Å²) in [4.78, 5) is 43.5. The number of benzene rings is 1. The third-order valence-corrected chi connectivity index (χ3v) is 7.15. The smallest absolute Gasteiger partial charge is 0.349 e. The molecule has 5 rings (SSSR count). The Balaban J connectivity index is 1.30. The first kappa shape index (κ1) is 22.0. The molecule has 0 radical (unpaired) electrons. The van der Waals surface area contributed by atoms with E-state index in [1.165, 1.54) is 0 Å². The molecular formula is C24H23N5O4S. The van der Waals surface area contributed by atoms with Crippen LogP contribution in [0.25, 0.3) is 15.9 Å². The van der Waals surface area contributed by atoms with Crippen LogP contribution in [0.4, 0.5) is 5.69 Å². The number of nitrogens with one attached hydrogen (secondary N) is 1. The van der Waals surface area contributed by atoms with E-state index >= 15 is 0 Å². The van der Waals surface area contributed by atoms with Gasteiger partial charge in [0.2, 0.25) is 0 Å². The van der Waals surface area contributed by atoms with Crippen molar-refractivity contribution in [2.75, 3.05) is 11.9 Å². The van der Waals surface area contributed by atoms with Crippen LogP contribution in [0.1, 0.15) is 38.9 Å². The Kier molecular flexibility index (Phi) is 5.52. The molecule has 0 fully saturated rings. The van der Waals surface area contributed by atoms with Crippen molar-refractivity contribution in [3.05, 3.63) is 68.3 Å². The summed E-state index contributed by atoms with van der Waals surface area (Å²) in [5.41, 5.74) is 3.30. The molecule has 9 nitrogen and oxygen atoms in total. The van der Waals surface area contributed by atoms with Crippen LogP contribution in [0, 0.1) is 20.8 Å². The van der Waals surface area contributed by atoms with Crippen molar-refractivity contribution in [3.63, 3.8) is 0 Å². The highest BCUT2D eigenvalue weighted by molar-refractivity contribution is 7.20. The van der Waals surface area contributed by atoms with Crippen molar-refractivity contribution in [1.82, 2.24) is 19.3 Å². The number of hydrogen-bond acceptors (Lipinski definition) is 7. The topological polar surface area (TPSA) is 108 Å². The lowest BCUT2D eigenvalue weighted by Gasteiger charge is -2.08. The van der Waals surface area contributed by atoms with Crippen molar-refractivity contribution < 1.29 is 14.3 Å². The third kappa shape index (κ3) is 3.69. The van der Waals surface area contributed by atoms with Gasteiger partial charge in [-0.15, -0.1) is 11.3 Å². The lowest BCUT2D eigenvalue weighted by atomic mass is 10.2. The Morgan fingerprint density at radius 2 is 1.94 bits per heavy atom. The predicted molar refractivity (Wildman–Crippen MR) is 129 cm³/mol. The van der Waals surface area contributed by atoms with Crippen molar-refractivity contribution in [3.8, 4) is 5.69 Å². The van der Waals surface area contributed by atoms with Gasteiger partial charge in [0.25, 0.3) is 11.5 Å². The molecule has 0 saturated carbocycles. The summed E-state index contributed by atoms with van der Waals surface area (Å²) in [6.07, 6.45) is 1.65. The zero-order valence-electron chi connectivity index (χ0n) is 19.0. The van der Waals surface area contributed by atoms with Crippen LogP contribution in [0.3, 0.4) is 0 Å². The van der Waals surface area contributed by atoms with Gasteiger partial charge >= 0.3 is 5.97 Å². The van der Waals surface area contributed by atoms with Gasteiger partial charge in [-0.2, -0.15) is 5.10 Å². The van der Waals surface area contributed by atoms with Gasteiger partial charge in [0.1, 0.15) is 15.5 Å². The molecule has 34 heavy (non-hydrogen) atoms. The molecular weight excluding hydrogens is 454 g/mol. The second kappa shape index (κ2) is 8.53. The van der Waals surface area contributed by atoms with E-state index in [9.17, 15) is 14.4 Å². The number of anilines is 1. The maximum Gasteiger partial charge on any atom is 0.349 e. The number of thiophene rings is 1. The van der Waals surface area contributed by atoms with Gasteiger partial charge in [0, 0.05) is 13.0 Å². The Hall–Kier alpha value is -3.79. The van der Waals surface area contributed by atoms with E-state index in [2.05, 4.69) is 15.4 Å². The SMILES string of the molecule is Cc1nn(-c2ccccc2)c(C)c1NC(=O)COC(=O)c1sc2nc3n(c(=O)c2c1C)CCC3. The number of esters is 1. The highest BCUT2D eigenvalue weighted by Gasteiger charge is 2.24. The number of ether oxygens (including phenoxy) is 1. The van der Waals surface area contributed by atoms with Crippen molar-refractivity contribution in [2.45, 2.75) is 40.2 Å². The summed E-state index contributed by atoms with van der Waals surface area (Å²) in [5, 5.41) is 7.75. The molecule has 4 heterocycles. The van der Waals surface area contributed by atoms with Crippen molar-refractivity contribution in [2.24, 2.45) is 0 Å². The quantitative estimate of drug-likeness (QED) is 0.442. The van der Waals surface area contributed by atoms with Gasteiger partial charge in [-0.3, -0.25) is 14.2 Å². The molecule has 1 aliphatic heterocycles. The lowest BCUT2D eigenvalue weighted by molar-refractivity contribution is -0.119. The summed E-state index contributed by atoms with van der Waals surface area (Å²) >= 11 is 1.13. The average Bonchev–Trinajstić information content (AvgIpc) is 3.51. The number of carbonyl (C=O) groups excluding carboxylic acids is 2. The zero-order valence-corrected chi connectivity index (χ0v) is 19.9. The van der Waals surface area contributed by atoms with Crippen LogP contribution >= 0.6 is 11.3 Å². The number of aryl methyl sites for hydroxylation is 3. The van der Waals surface area contributed by atoms with Crippen LogP contribution in [0.15, 0.2) is 35.1 Å². The number of hydrogen-bond donors (Lipinski definition) is 1. The maximum atomic E-state index is 12.8. The number of para-hydroxylation sites is 1. The lowest BCUT2D eigenvalue weighted by Crippen LogP contribution is -2.22. The monoisotopic (exact) mass is 477 g/mol. The standard InChI is InChI=1S/C24H23N5O4S/c1-13-19-22(25-17-10-7-11-28(17)23(19)31)34-21(13)24(32)33-12-18(30)26-20-14(2)27-29(15(20)3)16-8-5-4-6-9-16/h4-6,8-9H,7,10-12H2,1-3H3,(H,26,30). The molecule has 0 atom stereocenters. The summed E-state index contributed by atoms with van der Waals surface area (Å²) in [7, 11) is 0. The fourth-order valence-electron chi connectivity index (χ4n) is 4.29. The third-order valence-electron chi connectivity index (χ3n) is 5.99. The minimum Gasteiger partial charge on any atom is -0.451 e. The Labute approximate surface area is 199 Å². The molecule has 1 amide bonds. The Bertz CT molecular complexity index is 1500. The second-order valence-corrected chi connectivity index (χ2v) is 9.24. The molecule has 3 aromatic heterocycles. The predicted octanol–water partition coefficient (Wildman–Crippen LogP) is 3.31. The van der Waals surface area contributed by atoms with E-state index in [1.54, 1.807) is 23.1 Å². The Morgan fingerprint density at radius 3 is 2.71 bits per heavy atom. The first-order valence-electron chi connectivity index (χ1n) is 11.0. The fourth-order valence-corrected chi connectivity index (χ4v) is 5.37. The maximum absolute atomic E-state index is 12.8. The van der Waals surface area contributed by atoms with Crippen LogP contribution in [0.5, 0.6) is 0 Å². The summed E-state index contributed by atoms with van der Waals surface area (Å²) in [5.74, 6) is -0.364. The van der Waals surface area contributed by atoms with Gasteiger partial charge in [-0.05, 0) is 44.9 Å². The summed E-state index contributed by atoms with van der Waals surface area (Å²) < 4.78 is 8.70. The van der Waals surface area contributed by atoms with Crippen LogP contribution < -0.4 is 10.9 Å².